The van der Waals surface area contributed by atoms with Gasteiger partial charge in [0.2, 0.25) is 5.91 Å². The molecule has 0 saturated carbocycles. The number of aryl methyl sites for hydroxylation is 2. The molecular weight excluding hydrogens is 282 g/mol. The van der Waals surface area contributed by atoms with Crippen molar-refractivity contribution >= 4 is 17.7 Å². The number of benzene rings is 2. The van der Waals surface area contributed by atoms with E-state index in [9.17, 15) is 4.79 Å². The largest absolute Gasteiger partial charge is 0.322 e. The summed E-state index contributed by atoms with van der Waals surface area (Å²) in [5.41, 5.74) is 5.57. The zero-order chi connectivity index (χ0) is 17.0. The third-order valence-electron chi connectivity index (χ3n) is 3.84. The van der Waals surface area contributed by atoms with Gasteiger partial charge in [0, 0.05) is 11.8 Å². The second kappa shape index (κ2) is 6.82. The van der Waals surface area contributed by atoms with E-state index >= 15 is 0 Å². The lowest BCUT2D eigenvalue weighted by atomic mass is 9.87. The van der Waals surface area contributed by atoms with Gasteiger partial charge in [-0.1, -0.05) is 62.7 Å². The van der Waals surface area contributed by atoms with Crippen LogP contribution in [0, 0.1) is 13.8 Å². The fraction of sp³-hybridized carbons (Fsp3) is 0.286. The molecule has 23 heavy (non-hydrogen) atoms. The van der Waals surface area contributed by atoms with Crippen LogP contribution in [0.15, 0.2) is 48.5 Å². The highest BCUT2D eigenvalue weighted by atomic mass is 16.1. The molecular formula is C21H25NO. The Morgan fingerprint density at radius 1 is 1.00 bits per heavy atom. The van der Waals surface area contributed by atoms with Gasteiger partial charge in [-0.25, -0.2) is 0 Å². The summed E-state index contributed by atoms with van der Waals surface area (Å²) in [4.78, 5) is 12.1. The highest BCUT2D eigenvalue weighted by Crippen LogP contribution is 2.22. The van der Waals surface area contributed by atoms with Gasteiger partial charge in [0.15, 0.2) is 0 Å². The van der Waals surface area contributed by atoms with E-state index in [-0.39, 0.29) is 11.3 Å². The van der Waals surface area contributed by atoms with Gasteiger partial charge in [0.1, 0.15) is 0 Å². The number of nitrogens with one attached hydrogen (secondary N) is 1. The Bertz CT molecular complexity index is 718. The summed E-state index contributed by atoms with van der Waals surface area (Å²) in [7, 11) is 0. The molecule has 0 fully saturated rings. The molecule has 0 unspecified atom stereocenters. The maximum atomic E-state index is 12.1. The van der Waals surface area contributed by atoms with Crippen molar-refractivity contribution in [2.75, 3.05) is 5.32 Å². The Kier molecular flexibility index (Phi) is 5.05. The zero-order valence-electron chi connectivity index (χ0n) is 14.6. The third-order valence-corrected chi connectivity index (χ3v) is 3.84. The molecule has 1 amide bonds. The van der Waals surface area contributed by atoms with Crippen molar-refractivity contribution in [1.29, 1.82) is 0 Å². The number of carbonyl (C=O) groups excluding carboxylic acids is 1. The number of anilines is 1. The maximum absolute atomic E-state index is 12.1. The third kappa shape index (κ3) is 4.82. The molecule has 2 rings (SSSR count). The molecule has 2 heteroatoms. The molecule has 120 valence electrons. The monoisotopic (exact) mass is 307 g/mol. The minimum Gasteiger partial charge on any atom is -0.322 e. The number of hydrogen-bond acceptors (Lipinski definition) is 1. The second-order valence-electron chi connectivity index (χ2n) is 7.01. The van der Waals surface area contributed by atoms with Gasteiger partial charge in [0.25, 0.3) is 0 Å². The normalized spacial score (nSPS) is 11.7. The van der Waals surface area contributed by atoms with Crippen molar-refractivity contribution in [3.63, 3.8) is 0 Å². The van der Waals surface area contributed by atoms with Crippen LogP contribution in [0.5, 0.6) is 0 Å². The smallest absolute Gasteiger partial charge is 0.248 e. The van der Waals surface area contributed by atoms with E-state index in [1.807, 2.05) is 44.2 Å². The van der Waals surface area contributed by atoms with Crippen LogP contribution in [-0.2, 0) is 10.2 Å². The van der Waals surface area contributed by atoms with Crippen molar-refractivity contribution in [3.8, 4) is 0 Å². The lowest BCUT2D eigenvalue weighted by Gasteiger charge is -2.18. The molecule has 0 aliphatic carbocycles. The molecule has 2 nitrogen and oxygen atoms in total. The number of amides is 1. The summed E-state index contributed by atoms with van der Waals surface area (Å²) >= 11 is 0. The fourth-order valence-electron chi connectivity index (χ4n) is 2.39. The molecule has 0 aliphatic heterocycles. The molecule has 1 N–H and O–H groups in total. The Labute approximate surface area is 139 Å². The van der Waals surface area contributed by atoms with Crippen LogP contribution in [0.3, 0.4) is 0 Å². The molecule has 0 saturated heterocycles. The van der Waals surface area contributed by atoms with Crippen molar-refractivity contribution in [1.82, 2.24) is 0 Å². The molecule has 2 aromatic carbocycles. The zero-order valence-corrected chi connectivity index (χ0v) is 14.6. The molecule has 2 aromatic rings. The van der Waals surface area contributed by atoms with Gasteiger partial charge in [-0.15, -0.1) is 0 Å². The Balaban J connectivity index is 2.03. The minimum atomic E-state index is -0.114. The van der Waals surface area contributed by atoms with E-state index in [0.717, 1.165) is 16.8 Å². The molecule has 0 aromatic heterocycles. The highest BCUT2D eigenvalue weighted by Gasteiger charge is 2.12. The van der Waals surface area contributed by atoms with Gasteiger partial charge in [-0.2, -0.15) is 0 Å². The van der Waals surface area contributed by atoms with Crippen LogP contribution in [-0.4, -0.2) is 5.91 Å². The number of carbonyl (C=O) groups is 1. The van der Waals surface area contributed by atoms with Crippen LogP contribution in [0.4, 0.5) is 5.69 Å². The van der Waals surface area contributed by atoms with Gasteiger partial charge >= 0.3 is 0 Å². The van der Waals surface area contributed by atoms with Crippen LogP contribution in [0.2, 0.25) is 0 Å². The summed E-state index contributed by atoms with van der Waals surface area (Å²) in [6.07, 6.45) is 3.41. The van der Waals surface area contributed by atoms with E-state index in [0.29, 0.717) is 0 Å². The number of rotatable bonds is 3. The summed E-state index contributed by atoms with van der Waals surface area (Å²) in [5, 5.41) is 2.92. The molecule has 0 aliphatic rings. The van der Waals surface area contributed by atoms with E-state index in [4.69, 9.17) is 0 Å². The van der Waals surface area contributed by atoms with Gasteiger partial charge in [-0.3, -0.25) is 4.79 Å². The first kappa shape index (κ1) is 17.0. The van der Waals surface area contributed by atoms with Crippen LogP contribution in [0.1, 0.15) is 43.0 Å². The minimum absolute atomic E-state index is 0.114. The maximum Gasteiger partial charge on any atom is 0.248 e. The topological polar surface area (TPSA) is 29.1 Å². The number of hydrogen-bond donors (Lipinski definition) is 1. The molecule has 0 spiro atoms. The van der Waals surface area contributed by atoms with Crippen molar-refractivity contribution in [3.05, 3.63) is 70.8 Å². The Morgan fingerprint density at radius 3 is 2.22 bits per heavy atom. The van der Waals surface area contributed by atoms with Gasteiger partial charge in [0.05, 0.1) is 0 Å². The van der Waals surface area contributed by atoms with E-state index in [1.165, 1.54) is 11.1 Å². The predicted molar refractivity (Wildman–Crippen MR) is 98.7 cm³/mol. The van der Waals surface area contributed by atoms with Crippen LogP contribution in [0.25, 0.3) is 6.08 Å². The summed E-state index contributed by atoms with van der Waals surface area (Å²) in [6.45, 7) is 10.6. The van der Waals surface area contributed by atoms with Crippen molar-refractivity contribution in [2.24, 2.45) is 0 Å². The van der Waals surface area contributed by atoms with E-state index in [1.54, 1.807) is 6.08 Å². The molecule has 0 radical (unpaired) electrons. The van der Waals surface area contributed by atoms with E-state index in [2.05, 4.69) is 44.3 Å². The Morgan fingerprint density at radius 2 is 1.65 bits per heavy atom. The summed E-state index contributed by atoms with van der Waals surface area (Å²) in [5.74, 6) is -0.114. The lowest BCUT2D eigenvalue weighted by molar-refractivity contribution is -0.111. The Hall–Kier alpha value is -2.35. The summed E-state index contributed by atoms with van der Waals surface area (Å²) in [6, 6.07) is 14.3. The highest BCUT2D eigenvalue weighted by molar-refractivity contribution is 6.02. The average Bonchev–Trinajstić information content (AvgIpc) is 2.47. The van der Waals surface area contributed by atoms with Crippen LogP contribution < -0.4 is 5.32 Å². The predicted octanol–water partition coefficient (Wildman–Crippen LogP) is 5.25. The molecule has 0 heterocycles. The van der Waals surface area contributed by atoms with Crippen molar-refractivity contribution in [2.45, 2.75) is 40.0 Å². The molecule has 0 atom stereocenters. The first-order valence-electron chi connectivity index (χ1n) is 7.92. The quantitative estimate of drug-likeness (QED) is 0.771. The molecule has 0 bridgehead atoms. The van der Waals surface area contributed by atoms with E-state index < -0.39 is 0 Å². The SMILES string of the molecule is Cc1ccc(NC(=O)/C=C/c2ccc(C(C)(C)C)cc2)c(C)c1. The van der Waals surface area contributed by atoms with Gasteiger partial charge < -0.3 is 5.32 Å². The van der Waals surface area contributed by atoms with Crippen molar-refractivity contribution < 1.29 is 4.79 Å². The average molecular weight is 307 g/mol. The first-order valence-corrected chi connectivity index (χ1v) is 7.92. The standard InChI is InChI=1S/C21H25NO/c1-15-6-12-19(16(2)14-15)22-20(23)13-9-17-7-10-18(11-8-17)21(3,4)5/h6-14H,1-5H3,(H,22,23)/b13-9+. The van der Waals surface area contributed by atoms with Crippen LogP contribution >= 0.6 is 0 Å². The summed E-state index contributed by atoms with van der Waals surface area (Å²) < 4.78 is 0. The second-order valence-corrected chi connectivity index (χ2v) is 7.01. The fourth-order valence-corrected chi connectivity index (χ4v) is 2.39. The first-order chi connectivity index (χ1) is 10.8. The van der Waals surface area contributed by atoms with Gasteiger partial charge in [-0.05, 0) is 48.1 Å². The lowest BCUT2D eigenvalue weighted by Crippen LogP contribution is -2.10.